The van der Waals surface area contributed by atoms with Crippen LogP contribution < -0.4 is 14.8 Å². The van der Waals surface area contributed by atoms with Crippen LogP contribution in [0.3, 0.4) is 0 Å². The van der Waals surface area contributed by atoms with E-state index in [2.05, 4.69) is 21.2 Å². The highest BCUT2D eigenvalue weighted by atomic mass is 79.9. The third kappa shape index (κ3) is 6.02. The van der Waals surface area contributed by atoms with Gasteiger partial charge in [-0.3, -0.25) is 4.79 Å². The molecule has 0 bridgehead atoms. The number of allylic oxidation sites excluding steroid dienone is 2. The van der Waals surface area contributed by atoms with Crippen molar-refractivity contribution in [3.05, 3.63) is 103 Å². The Morgan fingerprint density at radius 3 is 2.60 bits per heavy atom. The summed E-state index contributed by atoms with van der Waals surface area (Å²) in [6.45, 7) is 3.75. The molecule has 0 radical (unpaired) electrons. The fourth-order valence-corrected chi connectivity index (χ4v) is 6.30. The zero-order valence-corrected chi connectivity index (χ0v) is 25.8. The van der Waals surface area contributed by atoms with E-state index in [4.69, 9.17) is 42.8 Å². The van der Waals surface area contributed by atoms with Crippen molar-refractivity contribution in [1.29, 1.82) is 0 Å². The van der Waals surface area contributed by atoms with E-state index >= 15 is 0 Å². The van der Waals surface area contributed by atoms with E-state index in [-0.39, 0.29) is 5.78 Å². The average Bonchev–Trinajstić information content (AvgIpc) is 3.33. The molecule has 4 aromatic rings. The molecule has 7 nitrogen and oxygen atoms in total. The van der Waals surface area contributed by atoms with E-state index in [1.807, 2.05) is 67.6 Å². The highest BCUT2D eigenvalue weighted by molar-refractivity contribution is 9.10. The number of methoxy groups -OCH3 is 1. The van der Waals surface area contributed by atoms with E-state index in [1.54, 1.807) is 18.7 Å². The molecule has 0 fully saturated rings. The van der Waals surface area contributed by atoms with Gasteiger partial charge < -0.3 is 14.8 Å². The predicted molar refractivity (Wildman–Crippen MR) is 163 cm³/mol. The monoisotopic (exact) mass is 658 g/mol. The van der Waals surface area contributed by atoms with Crippen molar-refractivity contribution in [1.82, 2.24) is 14.8 Å². The molecule has 1 aliphatic heterocycles. The summed E-state index contributed by atoms with van der Waals surface area (Å²) in [5.41, 5.74) is 4.06. The Hall–Kier alpha value is -2.98. The van der Waals surface area contributed by atoms with E-state index < -0.39 is 6.04 Å². The molecular weight excluding hydrogens is 635 g/mol. The zero-order chi connectivity index (χ0) is 28.4. The van der Waals surface area contributed by atoms with Gasteiger partial charge in [-0.25, -0.2) is 4.68 Å². The van der Waals surface area contributed by atoms with Gasteiger partial charge in [-0.15, -0.1) is 5.10 Å². The molecule has 0 aliphatic carbocycles. The highest BCUT2D eigenvalue weighted by Crippen LogP contribution is 2.43. The van der Waals surface area contributed by atoms with Crippen LogP contribution >= 0.6 is 50.9 Å². The van der Waals surface area contributed by atoms with Crippen LogP contribution in [0.15, 0.2) is 81.6 Å². The first-order valence-electron chi connectivity index (χ1n) is 12.3. The van der Waals surface area contributed by atoms with Gasteiger partial charge in [0.15, 0.2) is 17.3 Å². The van der Waals surface area contributed by atoms with Gasteiger partial charge >= 0.3 is 0 Å². The lowest BCUT2D eigenvalue weighted by molar-refractivity contribution is -0.114. The first-order chi connectivity index (χ1) is 19.2. The highest BCUT2D eigenvalue weighted by Gasteiger charge is 2.34. The lowest BCUT2D eigenvalue weighted by Gasteiger charge is -2.28. The molecule has 5 rings (SSSR count). The number of ketones is 1. The Kier molecular flexibility index (Phi) is 8.75. The summed E-state index contributed by atoms with van der Waals surface area (Å²) in [5, 5.41) is 9.97. The number of hydrogen-bond donors (Lipinski definition) is 1. The average molecular weight is 660 g/mol. The maximum absolute atomic E-state index is 12.9. The van der Waals surface area contributed by atoms with Crippen LogP contribution in [-0.2, 0) is 17.2 Å². The second kappa shape index (κ2) is 12.3. The Morgan fingerprint density at radius 2 is 1.90 bits per heavy atom. The summed E-state index contributed by atoms with van der Waals surface area (Å²) in [4.78, 5) is 17.6. The van der Waals surface area contributed by atoms with E-state index in [1.165, 1.54) is 11.8 Å². The fourth-order valence-electron chi connectivity index (χ4n) is 4.49. The number of benzene rings is 3. The molecule has 1 aliphatic rings. The number of anilines is 1. The number of aromatic nitrogens is 3. The predicted octanol–water partition coefficient (Wildman–Crippen LogP) is 8.11. The van der Waals surface area contributed by atoms with Crippen molar-refractivity contribution >= 4 is 62.6 Å². The summed E-state index contributed by atoms with van der Waals surface area (Å²) in [6, 6.07) is 18.4. The van der Waals surface area contributed by atoms with Crippen molar-refractivity contribution in [2.24, 2.45) is 0 Å². The largest absolute Gasteiger partial charge is 0.493 e. The van der Waals surface area contributed by atoms with E-state index in [9.17, 15) is 4.79 Å². The van der Waals surface area contributed by atoms with Gasteiger partial charge in [-0.05, 0) is 76.8 Å². The third-order valence-corrected chi connectivity index (χ3v) is 8.49. The molecule has 0 amide bonds. The van der Waals surface area contributed by atoms with Gasteiger partial charge in [0.25, 0.3) is 0 Å². The standard InChI is InChI=1S/C29H25BrCl2N4O3S/c1-16-25(17(2)37)26(36-28(33-16)34-29(35-36)40-15-19-6-4-5-7-23(19)32)20-12-22(30)27(24(13-20)38-3)39-14-18-8-10-21(31)11-9-18/h4-13,26H,14-15H2,1-3H3,(H,33,34,35). The van der Waals surface area contributed by atoms with Crippen molar-refractivity contribution in [3.8, 4) is 11.5 Å². The molecular formula is C29H25BrCl2N4O3S. The van der Waals surface area contributed by atoms with Crippen LogP contribution in [0.2, 0.25) is 10.0 Å². The molecule has 2 heterocycles. The van der Waals surface area contributed by atoms with Crippen LogP contribution in [0.5, 0.6) is 11.5 Å². The van der Waals surface area contributed by atoms with Crippen molar-refractivity contribution in [2.75, 3.05) is 12.4 Å². The molecule has 1 N–H and O–H groups in total. The molecule has 1 aromatic heterocycles. The molecule has 0 spiro atoms. The Bertz CT molecular complexity index is 1610. The second-order valence-corrected chi connectivity index (χ2v) is 11.8. The number of hydrogen-bond acceptors (Lipinski definition) is 7. The molecule has 0 saturated carbocycles. The van der Waals surface area contributed by atoms with Crippen molar-refractivity contribution in [3.63, 3.8) is 0 Å². The summed E-state index contributed by atoms with van der Waals surface area (Å²) in [5.74, 6) is 2.16. The van der Waals surface area contributed by atoms with Crippen LogP contribution in [0, 0.1) is 0 Å². The molecule has 1 atom stereocenters. The summed E-state index contributed by atoms with van der Waals surface area (Å²) >= 11 is 17.5. The van der Waals surface area contributed by atoms with Crippen molar-refractivity contribution < 1.29 is 14.3 Å². The Morgan fingerprint density at radius 1 is 1.15 bits per heavy atom. The number of fused-ring (bicyclic) bond motifs is 1. The number of thioether (sulfide) groups is 1. The Balaban J connectivity index is 1.48. The number of Topliss-reactive ketones (excluding diaryl/α,β-unsaturated/α-hetero) is 1. The Labute approximate surface area is 255 Å². The molecule has 3 aromatic carbocycles. The molecule has 206 valence electrons. The topological polar surface area (TPSA) is 78.3 Å². The SMILES string of the molecule is COc1cc(C2C(C(C)=O)=C(C)Nc3nc(SCc4ccccc4Cl)nn32)cc(Br)c1OCc1ccc(Cl)cc1. The summed E-state index contributed by atoms with van der Waals surface area (Å²) < 4.78 is 14.3. The van der Waals surface area contributed by atoms with Gasteiger partial charge in [-0.1, -0.05) is 65.3 Å². The fraction of sp³-hybridized carbons (Fsp3) is 0.207. The molecule has 1 unspecified atom stereocenters. The van der Waals surface area contributed by atoms with Crippen molar-refractivity contribution in [2.45, 2.75) is 37.4 Å². The first kappa shape index (κ1) is 28.5. The number of carbonyl (C=O) groups is 1. The van der Waals surface area contributed by atoms with Gasteiger partial charge in [-0.2, -0.15) is 4.98 Å². The van der Waals surface area contributed by atoms with Gasteiger partial charge in [0, 0.05) is 27.1 Å². The maximum Gasteiger partial charge on any atom is 0.227 e. The molecule has 0 saturated heterocycles. The number of nitrogens with zero attached hydrogens (tertiary/aromatic N) is 3. The number of ether oxygens (including phenoxy) is 2. The number of nitrogens with one attached hydrogen (secondary N) is 1. The smallest absolute Gasteiger partial charge is 0.227 e. The lowest BCUT2D eigenvalue weighted by atomic mass is 9.93. The number of rotatable bonds is 9. The first-order valence-corrected chi connectivity index (χ1v) is 14.8. The minimum Gasteiger partial charge on any atom is -0.493 e. The minimum absolute atomic E-state index is 0.0698. The zero-order valence-electron chi connectivity index (χ0n) is 21.9. The van der Waals surface area contributed by atoms with Gasteiger partial charge in [0.05, 0.1) is 11.6 Å². The number of carbonyl (C=O) groups excluding carboxylic acids is 1. The van der Waals surface area contributed by atoms with Crippen LogP contribution in [0.4, 0.5) is 5.95 Å². The van der Waals surface area contributed by atoms with E-state index in [0.29, 0.717) is 55.1 Å². The molecule has 11 heteroatoms. The molecule has 40 heavy (non-hydrogen) atoms. The minimum atomic E-state index is -0.522. The van der Waals surface area contributed by atoms with Crippen LogP contribution in [0.25, 0.3) is 0 Å². The summed E-state index contributed by atoms with van der Waals surface area (Å²) in [6.07, 6.45) is 0. The van der Waals surface area contributed by atoms with Gasteiger partial charge in [0.1, 0.15) is 12.6 Å². The van der Waals surface area contributed by atoms with Crippen LogP contribution in [-0.4, -0.2) is 27.7 Å². The van der Waals surface area contributed by atoms with E-state index in [0.717, 1.165) is 22.4 Å². The normalized spacial score (nSPS) is 14.5. The summed E-state index contributed by atoms with van der Waals surface area (Å²) in [7, 11) is 1.58. The number of halogens is 3. The lowest BCUT2D eigenvalue weighted by Crippen LogP contribution is -2.28. The van der Waals surface area contributed by atoms with Crippen LogP contribution in [0.1, 0.15) is 36.6 Å². The quantitative estimate of drug-likeness (QED) is 0.182. The second-order valence-electron chi connectivity index (χ2n) is 9.11. The van der Waals surface area contributed by atoms with Gasteiger partial charge in [0.2, 0.25) is 11.1 Å². The maximum atomic E-state index is 12.9. The third-order valence-electron chi connectivity index (χ3n) is 6.39.